The van der Waals surface area contributed by atoms with Crippen LogP contribution in [0.3, 0.4) is 0 Å². The Morgan fingerprint density at radius 3 is 2.50 bits per heavy atom. The molecular weight excluding hydrogens is 220 g/mol. The Labute approximate surface area is 81.8 Å². The molecule has 0 saturated heterocycles. The molecule has 1 rings (SSSR count). The Morgan fingerprint density at radius 2 is 2.14 bits per heavy atom. The molecule has 0 saturated carbocycles. The maximum atomic E-state index is 12.3. The predicted molar refractivity (Wildman–Crippen MR) is 42.8 cm³/mol. The second kappa shape index (κ2) is 3.75. The van der Waals surface area contributed by atoms with Gasteiger partial charge in [-0.2, -0.15) is 0 Å². The third-order valence-corrected chi connectivity index (χ3v) is 1.77. The van der Waals surface area contributed by atoms with Crippen molar-refractivity contribution in [1.29, 1.82) is 0 Å². The lowest BCUT2D eigenvalue weighted by atomic mass is 10.1. The lowest BCUT2D eigenvalue weighted by Gasteiger charge is -2.07. The molecule has 0 bridgehead atoms. The lowest BCUT2D eigenvalue weighted by Crippen LogP contribution is -2.05. The number of carboxylic acids is 1. The highest BCUT2D eigenvalue weighted by Gasteiger charge is 2.25. The van der Waals surface area contributed by atoms with Crippen LogP contribution in [0.15, 0.2) is 6.20 Å². The third-order valence-electron chi connectivity index (χ3n) is 1.48. The Balaban J connectivity index is 3.50. The quantitative estimate of drug-likeness (QED) is 0.753. The van der Waals surface area contributed by atoms with Gasteiger partial charge < -0.3 is 10.2 Å². The van der Waals surface area contributed by atoms with Crippen LogP contribution < -0.4 is 0 Å². The Morgan fingerprint density at radius 1 is 1.57 bits per heavy atom. The smallest absolute Gasteiger partial charge is 0.339 e. The highest BCUT2D eigenvalue weighted by Crippen LogP contribution is 2.33. The van der Waals surface area contributed by atoms with Crippen molar-refractivity contribution in [3.8, 4) is 5.75 Å². The van der Waals surface area contributed by atoms with E-state index in [1.54, 1.807) is 0 Å². The summed E-state index contributed by atoms with van der Waals surface area (Å²) < 4.78 is 24.6. The molecule has 14 heavy (non-hydrogen) atoms. The summed E-state index contributed by atoms with van der Waals surface area (Å²) in [6, 6.07) is 0. The van der Waals surface area contributed by atoms with Crippen LogP contribution in [0.5, 0.6) is 5.75 Å². The minimum Gasteiger partial charge on any atom is -0.506 e. The van der Waals surface area contributed by atoms with Gasteiger partial charge in [0.05, 0.1) is 11.8 Å². The van der Waals surface area contributed by atoms with Crippen molar-refractivity contribution in [2.45, 2.75) is 6.43 Å². The summed E-state index contributed by atoms with van der Waals surface area (Å²) in [7, 11) is 0. The van der Waals surface area contributed by atoms with E-state index in [1.807, 2.05) is 0 Å². The predicted octanol–water partition coefficient (Wildman–Crippen LogP) is 2.08. The highest BCUT2D eigenvalue weighted by molar-refractivity contribution is 6.32. The van der Waals surface area contributed by atoms with Gasteiger partial charge >= 0.3 is 5.97 Å². The van der Waals surface area contributed by atoms with Crippen molar-refractivity contribution in [3.63, 3.8) is 0 Å². The molecule has 4 nitrogen and oxygen atoms in total. The first-order valence-electron chi connectivity index (χ1n) is 3.34. The van der Waals surface area contributed by atoms with Gasteiger partial charge in [-0.1, -0.05) is 11.6 Å². The normalized spacial score (nSPS) is 10.6. The van der Waals surface area contributed by atoms with Crippen LogP contribution in [0.2, 0.25) is 5.15 Å². The Kier molecular flexibility index (Phi) is 2.85. The second-order valence-electron chi connectivity index (χ2n) is 2.33. The number of rotatable bonds is 2. The second-order valence-corrected chi connectivity index (χ2v) is 2.69. The average molecular weight is 224 g/mol. The third kappa shape index (κ3) is 1.74. The number of alkyl halides is 2. The molecule has 0 amide bonds. The minimum absolute atomic E-state index is 0.578. The van der Waals surface area contributed by atoms with Gasteiger partial charge in [0.15, 0.2) is 0 Å². The van der Waals surface area contributed by atoms with Crippen molar-refractivity contribution in [2.24, 2.45) is 0 Å². The zero-order chi connectivity index (χ0) is 10.9. The van der Waals surface area contributed by atoms with Gasteiger partial charge in [-0.25, -0.2) is 18.6 Å². The van der Waals surface area contributed by atoms with Crippen LogP contribution in [-0.2, 0) is 0 Å². The van der Waals surface area contributed by atoms with Crippen molar-refractivity contribution in [3.05, 3.63) is 22.5 Å². The van der Waals surface area contributed by atoms with Crippen LogP contribution >= 0.6 is 11.6 Å². The number of aromatic hydroxyl groups is 1. The van der Waals surface area contributed by atoms with E-state index in [0.717, 1.165) is 0 Å². The monoisotopic (exact) mass is 223 g/mol. The van der Waals surface area contributed by atoms with Crippen molar-refractivity contribution >= 4 is 17.6 Å². The fourth-order valence-corrected chi connectivity index (χ4v) is 1.15. The molecule has 1 aromatic rings. The molecule has 0 aromatic carbocycles. The van der Waals surface area contributed by atoms with Crippen LogP contribution in [0, 0.1) is 0 Å². The minimum atomic E-state index is -3.12. The summed E-state index contributed by atoms with van der Waals surface area (Å²) in [4.78, 5) is 13.8. The SMILES string of the molecule is O=C(O)c1c(Cl)ncc(O)c1C(F)F. The molecule has 0 unspecified atom stereocenters. The summed E-state index contributed by atoms with van der Waals surface area (Å²) in [5, 5.41) is 16.9. The summed E-state index contributed by atoms with van der Waals surface area (Å²) in [5.74, 6) is -2.55. The fraction of sp³-hybridized carbons (Fsp3) is 0.143. The van der Waals surface area contributed by atoms with E-state index in [9.17, 15) is 13.6 Å². The summed E-state index contributed by atoms with van der Waals surface area (Å²) in [5.41, 5.74) is -1.89. The molecular formula is C7H4ClF2NO3. The van der Waals surface area contributed by atoms with Crippen LogP contribution in [0.4, 0.5) is 8.78 Å². The molecule has 0 aliphatic heterocycles. The lowest BCUT2D eigenvalue weighted by molar-refractivity contribution is 0.0682. The van der Waals surface area contributed by atoms with Gasteiger partial charge in [0.2, 0.25) is 0 Å². The van der Waals surface area contributed by atoms with E-state index >= 15 is 0 Å². The molecule has 0 radical (unpaired) electrons. The number of halogens is 3. The first-order valence-corrected chi connectivity index (χ1v) is 3.71. The van der Waals surface area contributed by atoms with E-state index in [2.05, 4.69) is 4.98 Å². The zero-order valence-electron chi connectivity index (χ0n) is 6.54. The number of aromatic nitrogens is 1. The highest BCUT2D eigenvalue weighted by atomic mass is 35.5. The van der Waals surface area contributed by atoms with Crippen LogP contribution in [-0.4, -0.2) is 21.2 Å². The van der Waals surface area contributed by atoms with Gasteiger partial charge in [0.25, 0.3) is 6.43 Å². The number of carboxylic acid groups (broad SMARTS) is 1. The van der Waals surface area contributed by atoms with E-state index in [4.69, 9.17) is 21.8 Å². The first-order chi connectivity index (χ1) is 6.45. The number of hydrogen-bond donors (Lipinski definition) is 2. The molecule has 0 fully saturated rings. The van der Waals surface area contributed by atoms with E-state index in [0.29, 0.717) is 6.20 Å². The molecule has 0 aliphatic carbocycles. The van der Waals surface area contributed by atoms with Crippen molar-refractivity contribution in [2.75, 3.05) is 0 Å². The molecule has 7 heteroatoms. The maximum Gasteiger partial charge on any atom is 0.339 e. The molecule has 0 atom stereocenters. The number of nitrogens with zero attached hydrogens (tertiary/aromatic N) is 1. The van der Waals surface area contributed by atoms with E-state index in [1.165, 1.54) is 0 Å². The van der Waals surface area contributed by atoms with Gasteiger partial charge in [0, 0.05) is 0 Å². The largest absolute Gasteiger partial charge is 0.506 e. The maximum absolute atomic E-state index is 12.3. The standard InChI is InChI=1S/C7H4ClF2NO3/c8-5-4(7(13)14)3(6(9)10)2(12)1-11-5/h1,6,12H,(H,13,14). The summed E-state index contributed by atoms with van der Waals surface area (Å²) >= 11 is 5.30. The van der Waals surface area contributed by atoms with Crippen molar-refractivity contribution < 1.29 is 23.8 Å². The molecule has 0 spiro atoms. The molecule has 2 N–H and O–H groups in total. The van der Waals surface area contributed by atoms with Gasteiger partial charge in [-0.15, -0.1) is 0 Å². The average Bonchev–Trinajstić information content (AvgIpc) is 2.07. The number of pyridine rings is 1. The van der Waals surface area contributed by atoms with Gasteiger partial charge in [0.1, 0.15) is 16.5 Å². The Hall–Kier alpha value is -1.43. The molecule has 76 valence electrons. The number of hydrogen-bond acceptors (Lipinski definition) is 3. The number of aromatic carboxylic acids is 1. The van der Waals surface area contributed by atoms with E-state index < -0.39 is 34.4 Å². The first kappa shape index (κ1) is 10.6. The van der Waals surface area contributed by atoms with Gasteiger partial charge in [-0.3, -0.25) is 0 Å². The Bertz CT molecular complexity index is 383. The fourth-order valence-electron chi connectivity index (χ4n) is 0.915. The van der Waals surface area contributed by atoms with Crippen molar-refractivity contribution in [1.82, 2.24) is 4.98 Å². The number of carbonyl (C=O) groups is 1. The zero-order valence-corrected chi connectivity index (χ0v) is 7.29. The van der Waals surface area contributed by atoms with E-state index in [-0.39, 0.29) is 0 Å². The molecule has 1 aromatic heterocycles. The topological polar surface area (TPSA) is 70.4 Å². The summed E-state index contributed by atoms with van der Waals surface area (Å²) in [6.45, 7) is 0. The van der Waals surface area contributed by atoms with Crippen LogP contribution in [0.1, 0.15) is 22.3 Å². The van der Waals surface area contributed by atoms with Gasteiger partial charge in [-0.05, 0) is 0 Å². The molecule has 0 aliphatic rings. The summed E-state index contributed by atoms with van der Waals surface area (Å²) in [6.07, 6.45) is -2.45. The van der Waals surface area contributed by atoms with Crippen LogP contribution in [0.25, 0.3) is 0 Å². The molecule has 1 heterocycles.